The molecule has 88 valence electrons. The van der Waals surface area contributed by atoms with Gasteiger partial charge in [-0.15, -0.1) is 0 Å². The SMILES string of the molecule is O=C(NC1CCCNCC1)c1ccc(Br)o1. The summed E-state index contributed by atoms with van der Waals surface area (Å²) in [6, 6.07) is 3.66. The lowest BCUT2D eigenvalue weighted by atomic mass is 10.1. The number of nitrogens with one attached hydrogen (secondary N) is 2. The van der Waals surface area contributed by atoms with Gasteiger partial charge in [0.05, 0.1) is 0 Å². The molecular weight excluding hydrogens is 272 g/mol. The van der Waals surface area contributed by atoms with Gasteiger partial charge in [-0.1, -0.05) is 0 Å². The highest BCUT2D eigenvalue weighted by molar-refractivity contribution is 9.10. The van der Waals surface area contributed by atoms with Gasteiger partial charge in [0, 0.05) is 6.04 Å². The van der Waals surface area contributed by atoms with Crippen molar-refractivity contribution in [3.8, 4) is 0 Å². The lowest BCUT2D eigenvalue weighted by Crippen LogP contribution is -2.35. The summed E-state index contributed by atoms with van der Waals surface area (Å²) in [5, 5.41) is 6.31. The van der Waals surface area contributed by atoms with E-state index in [1.165, 1.54) is 0 Å². The van der Waals surface area contributed by atoms with Gasteiger partial charge in [-0.3, -0.25) is 4.79 Å². The number of carbonyl (C=O) groups excluding carboxylic acids is 1. The van der Waals surface area contributed by atoms with Crippen LogP contribution in [-0.4, -0.2) is 25.0 Å². The molecule has 0 bridgehead atoms. The van der Waals surface area contributed by atoms with E-state index in [-0.39, 0.29) is 11.9 Å². The maximum Gasteiger partial charge on any atom is 0.287 e. The molecule has 0 aromatic carbocycles. The lowest BCUT2D eigenvalue weighted by molar-refractivity contribution is 0.0904. The second-order valence-corrected chi connectivity index (χ2v) is 4.74. The summed E-state index contributed by atoms with van der Waals surface area (Å²) in [5.74, 6) is 0.238. The Labute approximate surface area is 103 Å². The van der Waals surface area contributed by atoms with Gasteiger partial charge in [0.15, 0.2) is 10.4 Å². The summed E-state index contributed by atoms with van der Waals surface area (Å²) in [6.45, 7) is 2.01. The van der Waals surface area contributed by atoms with E-state index >= 15 is 0 Å². The molecule has 4 nitrogen and oxygen atoms in total. The van der Waals surface area contributed by atoms with Crippen molar-refractivity contribution in [2.45, 2.75) is 25.3 Å². The van der Waals surface area contributed by atoms with Crippen LogP contribution in [0.3, 0.4) is 0 Å². The second kappa shape index (κ2) is 5.50. The van der Waals surface area contributed by atoms with E-state index in [4.69, 9.17) is 4.42 Å². The fraction of sp³-hybridized carbons (Fsp3) is 0.545. The van der Waals surface area contributed by atoms with Crippen LogP contribution in [0.4, 0.5) is 0 Å². The minimum absolute atomic E-state index is 0.127. The van der Waals surface area contributed by atoms with E-state index in [2.05, 4.69) is 26.6 Å². The van der Waals surface area contributed by atoms with Crippen LogP contribution in [0.5, 0.6) is 0 Å². The lowest BCUT2D eigenvalue weighted by Gasteiger charge is -2.14. The third-order valence-electron chi connectivity index (χ3n) is 2.71. The molecule has 1 amide bonds. The minimum Gasteiger partial charge on any atom is -0.444 e. The van der Waals surface area contributed by atoms with Crippen LogP contribution >= 0.6 is 15.9 Å². The number of rotatable bonds is 2. The van der Waals surface area contributed by atoms with Crippen LogP contribution in [0.25, 0.3) is 0 Å². The van der Waals surface area contributed by atoms with Crippen LogP contribution < -0.4 is 10.6 Å². The molecule has 1 atom stereocenters. The van der Waals surface area contributed by atoms with Crippen molar-refractivity contribution in [1.29, 1.82) is 0 Å². The second-order valence-electron chi connectivity index (χ2n) is 3.96. The number of carbonyl (C=O) groups is 1. The molecule has 0 radical (unpaired) electrons. The molecule has 2 N–H and O–H groups in total. The van der Waals surface area contributed by atoms with Crippen molar-refractivity contribution in [3.63, 3.8) is 0 Å². The summed E-state index contributed by atoms with van der Waals surface area (Å²) in [5.41, 5.74) is 0. The maximum atomic E-state index is 11.8. The first-order valence-electron chi connectivity index (χ1n) is 5.52. The molecule has 2 heterocycles. The summed E-state index contributed by atoms with van der Waals surface area (Å²) >= 11 is 3.18. The molecule has 2 rings (SSSR count). The largest absolute Gasteiger partial charge is 0.444 e. The van der Waals surface area contributed by atoms with Crippen LogP contribution in [0.2, 0.25) is 0 Å². The molecule has 1 unspecified atom stereocenters. The Morgan fingerprint density at radius 1 is 1.44 bits per heavy atom. The van der Waals surface area contributed by atoms with Crippen molar-refractivity contribution in [1.82, 2.24) is 10.6 Å². The molecule has 0 spiro atoms. The summed E-state index contributed by atoms with van der Waals surface area (Å²) in [4.78, 5) is 11.8. The Hall–Kier alpha value is -0.810. The quantitative estimate of drug-likeness (QED) is 0.873. The fourth-order valence-electron chi connectivity index (χ4n) is 1.86. The van der Waals surface area contributed by atoms with Crippen molar-refractivity contribution >= 4 is 21.8 Å². The number of halogens is 1. The monoisotopic (exact) mass is 286 g/mol. The van der Waals surface area contributed by atoms with Gasteiger partial charge in [0.25, 0.3) is 5.91 Å². The molecule has 1 fully saturated rings. The molecule has 0 aliphatic carbocycles. The molecule has 1 aliphatic rings. The zero-order valence-electron chi connectivity index (χ0n) is 8.96. The molecular formula is C11H15BrN2O2. The Bertz CT molecular complexity index is 357. The number of hydrogen-bond acceptors (Lipinski definition) is 3. The standard InChI is InChI=1S/C11H15BrN2O2/c12-10-4-3-9(16-10)11(15)14-8-2-1-6-13-7-5-8/h3-4,8,13H,1-2,5-7H2,(H,14,15). The maximum absolute atomic E-state index is 11.8. The van der Waals surface area contributed by atoms with Gasteiger partial charge in [-0.2, -0.15) is 0 Å². The Kier molecular flexibility index (Phi) is 4.01. The van der Waals surface area contributed by atoms with Crippen molar-refractivity contribution in [2.24, 2.45) is 0 Å². The van der Waals surface area contributed by atoms with E-state index in [1.807, 2.05) is 0 Å². The predicted octanol–water partition coefficient (Wildman–Crippen LogP) is 1.91. The van der Waals surface area contributed by atoms with Crippen LogP contribution in [0, 0.1) is 0 Å². The van der Waals surface area contributed by atoms with Crippen LogP contribution in [0.1, 0.15) is 29.8 Å². The van der Waals surface area contributed by atoms with Gasteiger partial charge >= 0.3 is 0 Å². The van der Waals surface area contributed by atoms with Crippen molar-refractivity contribution < 1.29 is 9.21 Å². The zero-order chi connectivity index (χ0) is 11.4. The van der Waals surface area contributed by atoms with E-state index in [1.54, 1.807) is 12.1 Å². The number of furan rings is 1. The molecule has 1 saturated heterocycles. The number of amides is 1. The smallest absolute Gasteiger partial charge is 0.287 e. The van der Waals surface area contributed by atoms with Gasteiger partial charge < -0.3 is 15.1 Å². The normalized spacial score (nSPS) is 21.4. The first kappa shape index (κ1) is 11.7. The molecule has 16 heavy (non-hydrogen) atoms. The Morgan fingerprint density at radius 3 is 3.06 bits per heavy atom. The number of hydrogen-bond donors (Lipinski definition) is 2. The van der Waals surface area contributed by atoms with E-state index in [0.29, 0.717) is 10.4 Å². The zero-order valence-corrected chi connectivity index (χ0v) is 10.5. The van der Waals surface area contributed by atoms with Crippen molar-refractivity contribution in [2.75, 3.05) is 13.1 Å². The van der Waals surface area contributed by atoms with Gasteiger partial charge in [0.2, 0.25) is 0 Å². The predicted molar refractivity (Wildman–Crippen MR) is 64.4 cm³/mol. The minimum atomic E-state index is -0.127. The highest BCUT2D eigenvalue weighted by Gasteiger charge is 2.17. The van der Waals surface area contributed by atoms with E-state index in [0.717, 1.165) is 32.4 Å². The van der Waals surface area contributed by atoms with Gasteiger partial charge in [-0.05, 0) is 60.4 Å². The highest BCUT2D eigenvalue weighted by Crippen LogP contribution is 2.14. The van der Waals surface area contributed by atoms with Gasteiger partial charge in [0.1, 0.15) is 0 Å². The summed E-state index contributed by atoms with van der Waals surface area (Å²) in [6.07, 6.45) is 3.11. The average Bonchev–Trinajstić information content (AvgIpc) is 2.54. The molecule has 1 aromatic rings. The topological polar surface area (TPSA) is 54.3 Å². The van der Waals surface area contributed by atoms with Crippen molar-refractivity contribution in [3.05, 3.63) is 22.6 Å². The van der Waals surface area contributed by atoms with Crippen LogP contribution in [-0.2, 0) is 0 Å². The van der Waals surface area contributed by atoms with Gasteiger partial charge in [-0.25, -0.2) is 0 Å². The summed E-state index contributed by atoms with van der Waals surface area (Å²) < 4.78 is 5.79. The first-order valence-corrected chi connectivity index (χ1v) is 6.32. The average molecular weight is 287 g/mol. The Morgan fingerprint density at radius 2 is 2.31 bits per heavy atom. The molecule has 5 heteroatoms. The van der Waals surface area contributed by atoms with E-state index in [9.17, 15) is 4.79 Å². The highest BCUT2D eigenvalue weighted by atomic mass is 79.9. The summed E-state index contributed by atoms with van der Waals surface area (Å²) in [7, 11) is 0. The Balaban J connectivity index is 1.90. The third-order valence-corrected chi connectivity index (χ3v) is 3.13. The molecule has 1 aromatic heterocycles. The third kappa shape index (κ3) is 3.09. The van der Waals surface area contributed by atoms with E-state index < -0.39 is 0 Å². The first-order chi connectivity index (χ1) is 7.75. The van der Waals surface area contributed by atoms with Crippen LogP contribution in [0.15, 0.2) is 21.2 Å². The molecule has 0 saturated carbocycles. The molecule has 1 aliphatic heterocycles. The fourth-order valence-corrected chi connectivity index (χ4v) is 2.16.